The highest BCUT2D eigenvalue weighted by Gasteiger charge is 2.16. The van der Waals surface area contributed by atoms with E-state index in [-0.39, 0.29) is 0 Å². The molecule has 0 aliphatic carbocycles. The lowest BCUT2D eigenvalue weighted by Gasteiger charge is -2.21. The Morgan fingerprint density at radius 2 is 2.05 bits per heavy atom. The first-order valence-corrected chi connectivity index (χ1v) is 6.10. The largest absolute Gasteiger partial charge is 0.493 e. The van der Waals surface area contributed by atoms with Crippen molar-refractivity contribution in [3.05, 3.63) is 23.8 Å². The summed E-state index contributed by atoms with van der Waals surface area (Å²) < 4.78 is 10.6. The van der Waals surface area contributed by atoms with Crippen LogP contribution in [0.1, 0.15) is 12.5 Å². The van der Waals surface area contributed by atoms with Crippen molar-refractivity contribution >= 4 is 5.97 Å². The maximum Gasteiger partial charge on any atom is 0.307 e. The summed E-state index contributed by atoms with van der Waals surface area (Å²) in [6.07, 6.45) is 0. The minimum absolute atomic E-state index is 0.401. The summed E-state index contributed by atoms with van der Waals surface area (Å²) in [5.41, 5.74) is 0.974. The molecule has 0 saturated carbocycles. The zero-order valence-corrected chi connectivity index (χ0v) is 11.8. The van der Waals surface area contributed by atoms with Gasteiger partial charge >= 0.3 is 5.97 Å². The number of carbonyl (C=O) groups is 1. The molecule has 5 nitrogen and oxygen atoms in total. The van der Waals surface area contributed by atoms with Gasteiger partial charge in [-0.25, -0.2) is 0 Å². The molecule has 1 atom stereocenters. The number of hydrogen-bond acceptors (Lipinski definition) is 4. The van der Waals surface area contributed by atoms with Crippen molar-refractivity contribution in [1.29, 1.82) is 0 Å². The van der Waals surface area contributed by atoms with E-state index in [1.165, 1.54) is 0 Å². The summed E-state index contributed by atoms with van der Waals surface area (Å²) >= 11 is 0. The third kappa shape index (κ3) is 4.13. The smallest absolute Gasteiger partial charge is 0.307 e. The number of carboxylic acids is 1. The summed E-state index contributed by atoms with van der Waals surface area (Å²) in [6, 6.07) is 5.68. The fourth-order valence-corrected chi connectivity index (χ4v) is 1.98. The first kappa shape index (κ1) is 15.3. The molecule has 19 heavy (non-hydrogen) atoms. The van der Waals surface area contributed by atoms with E-state index < -0.39 is 11.9 Å². The molecule has 0 saturated heterocycles. The minimum atomic E-state index is -0.788. The van der Waals surface area contributed by atoms with Crippen molar-refractivity contribution in [2.75, 3.05) is 27.8 Å². The lowest BCUT2D eigenvalue weighted by Crippen LogP contribution is -2.28. The average molecular weight is 267 g/mol. The van der Waals surface area contributed by atoms with E-state index in [0.29, 0.717) is 24.6 Å². The van der Waals surface area contributed by atoms with Gasteiger partial charge in [0.15, 0.2) is 11.5 Å². The van der Waals surface area contributed by atoms with Crippen LogP contribution in [-0.2, 0) is 11.3 Å². The maximum atomic E-state index is 10.8. The Kier molecular flexibility index (Phi) is 5.63. The van der Waals surface area contributed by atoms with Crippen LogP contribution in [0.2, 0.25) is 0 Å². The first-order valence-electron chi connectivity index (χ1n) is 6.10. The van der Waals surface area contributed by atoms with E-state index in [0.717, 1.165) is 5.56 Å². The van der Waals surface area contributed by atoms with Crippen LogP contribution in [0.4, 0.5) is 0 Å². The molecule has 0 aliphatic rings. The Balaban J connectivity index is 2.79. The summed E-state index contributed by atoms with van der Waals surface area (Å²) in [4.78, 5) is 12.8. The van der Waals surface area contributed by atoms with Gasteiger partial charge in [0.25, 0.3) is 0 Å². The topological polar surface area (TPSA) is 59.0 Å². The third-order valence-electron chi connectivity index (χ3n) is 2.93. The van der Waals surface area contributed by atoms with Gasteiger partial charge in [-0.05, 0) is 13.1 Å². The molecule has 1 aromatic carbocycles. The number of benzene rings is 1. The van der Waals surface area contributed by atoms with Gasteiger partial charge in [-0.15, -0.1) is 0 Å². The molecular weight excluding hydrogens is 246 g/mol. The molecule has 1 unspecified atom stereocenters. The van der Waals surface area contributed by atoms with Crippen molar-refractivity contribution in [2.45, 2.75) is 13.5 Å². The summed E-state index contributed by atoms with van der Waals surface area (Å²) in [6.45, 7) is 2.79. The van der Waals surface area contributed by atoms with E-state index in [1.54, 1.807) is 21.1 Å². The quantitative estimate of drug-likeness (QED) is 0.817. The molecular formula is C14H21NO4. The summed E-state index contributed by atoms with van der Waals surface area (Å²) in [5, 5.41) is 8.91. The molecule has 1 rings (SSSR count). The molecule has 0 bridgehead atoms. The van der Waals surface area contributed by atoms with Gasteiger partial charge in [-0.2, -0.15) is 0 Å². The molecule has 0 aliphatic heterocycles. The lowest BCUT2D eigenvalue weighted by atomic mass is 10.1. The lowest BCUT2D eigenvalue weighted by molar-refractivity contribution is -0.141. The Morgan fingerprint density at radius 1 is 1.37 bits per heavy atom. The second-order valence-electron chi connectivity index (χ2n) is 4.59. The van der Waals surface area contributed by atoms with Crippen molar-refractivity contribution in [2.24, 2.45) is 5.92 Å². The predicted molar refractivity (Wildman–Crippen MR) is 72.7 cm³/mol. The highest BCUT2D eigenvalue weighted by Crippen LogP contribution is 2.31. The van der Waals surface area contributed by atoms with E-state index in [4.69, 9.17) is 14.6 Å². The third-order valence-corrected chi connectivity index (χ3v) is 2.93. The molecule has 0 fully saturated rings. The minimum Gasteiger partial charge on any atom is -0.493 e. The summed E-state index contributed by atoms with van der Waals surface area (Å²) in [5.74, 6) is 0.186. The average Bonchev–Trinajstić information content (AvgIpc) is 2.37. The molecule has 0 radical (unpaired) electrons. The fourth-order valence-electron chi connectivity index (χ4n) is 1.98. The number of ether oxygens (including phenoxy) is 2. The zero-order valence-electron chi connectivity index (χ0n) is 11.8. The molecule has 0 spiro atoms. The van der Waals surface area contributed by atoms with E-state index >= 15 is 0 Å². The molecule has 0 heterocycles. The maximum absolute atomic E-state index is 10.8. The van der Waals surface area contributed by atoms with Gasteiger partial charge in [0, 0.05) is 18.7 Å². The van der Waals surface area contributed by atoms with Crippen LogP contribution in [-0.4, -0.2) is 43.8 Å². The number of aliphatic carboxylic acids is 1. The highest BCUT2D eigenvalue weighted by atomic mass is 16.5. The first-order chi connectivity index (χ1) is 8.99. The highest BCUT2D eigenvalue weighted by molar-refractivity contribution is 5.69. The standard InChI is InChI=1S/C14H21NO4/c1-10(14(16)17)8-15(2)9-11-6-5-7-12(18-3)13(11)19-4/h5-7,10H,8-9H2,1-4H3,(H,16,17). The van der Waals surface area contributed by atoms with Crippen LogP contribution >= 0.6 is 0 Å². The molecule has 1 N–H and O–H groups in total. The van der Waals surface area contributed by atoms with Gasteiger partial charge in [-0.3, -0.25) is 4.79 Å². The molecule has 1 aromatic rings. The number of para-hydroxylation sites is 1. The Morgan fingerprint density at radius 3 is 2.58 bits per heavy atom. The van der Waals surface area contributed by atoms with Gasteiger partial charge in [-0.1, -0.05) is 19.1 Å². The Bertz CT molecular complexity index is 433. The molecule has 0 amide bonds. The van der Waals surface area contributed by atoms with Gasteiger partial charge in [0.05, 0.1) is 20.1 Å². The SMILES string of the molecule is COc1cccc(CN(C)CC(C)C(=O)O)c1OC. The zero-order chi connectivity index (χ0) is 14.4. The second kappa shape index (κ2) is 6.99. The second-order valence-corrected chi connectivity index (χ2v) is 4.59. The Labute approximate surface area is 113 Å². The predicted octanol–water partition coefficient (Wildman–Crippen LogP) is 1.86. The summed E-state index contributed by atoms with van der Waals surface area (Å²) in [7, 11) is 5.08. The van der Waals surface area contributed by atoms with Crippen LogP contribution in [0.5, 0.6) is 11.5 Å². The van der Waals surface area contributed by atoms with E-state index in [9.17, 15) is 4.79 Å². The fraction of sp³-hybridized carbons (Fsp3) is 0.500. The normalized spacial score (nSPS) is 12.3. The van der Waals surface area contributed by atoms with Crippen LogP contribution in [0.15, 0.2) is 18.2 Å². The number of hydrogen-bond donors (Lipinski definition) is 1. The van der Waals surface area contributed by atoms with Crippen molar-refractivity contribution < 1.29 is 19.4 Å². The van der Waals surface area contributed by atoms with Crippen molar-refractivity contribution in [3.63, 3.8) is 0 Å². The van der Waals surface area contributed by atoms with Crippen LogP contribution in [0.25, 0.3) is 0 Å². The molecule has 0 aromatic heterocycles. The van der Waals surface area contributed by atoms with Crippen molar-refractivity contribution in [1.82, 2.24) is 4.90 Å². The van der Waals surface area contributed by atoms with Gasteiger partial charge < -0.3 is 19.5 Å². The molecule has 106 valence electrons. The number of methoxy groups -OCH3 is 2. The van der Waals surface area contributed by atoms with E-state index in [1.807, 2.05) is 30.1 Å². The van der Waals surface area contributed by atoms with Gasteiger partial charge in [0.2, 0.25) is 0 Å². The number of rotatable bonds is 7. The number of nitrogens with zero attached hydrogens (tertiary/aromatic N) is 1. The van der Waals surface area contributed by atoms with Crippen LogP contribution in [0, 0.1) is 5.92 Å². The van der Waals surface area contributed by atoms with Gasteiger partial charge in [0.1, 0.15) is 0 Å². The van der Waals surface area contributed by atoms with Crippen LogP contribution in [0.3, 0.4) is 0 Å². The van der Waals surface area contributed by atoms with E-state index in [2.05, 4.69) is 0 Å². The van der Waals surface area contributed by atoms with Crippen molar-refractivity contribution in [3.8, 4) is 11.5 Å². The van der Waals surface area contributed by atoms with Crippen LogP contribution < -0.4 is 9.47 Å². The Hall–Kier alpha value is -1.75. The molecule has 5 heteroatoms. The monoisotopic (exact) mass is 267 g/mol. The number of carboxylic acid groups (broad SMARTS) is 1.